The number of hydrogen-bond donors (Lipinski definition) is 1. The molecule has 8 heteroatoms. The fourth-order valence-corrected chi connectivity index (χ4v) is 2.77. The summed E-state index contributed by atoms with van der Waals surface area (Å²) in [5.74, 6) is 0.784. The molecule has 0 bridgehead atoms. The van der Waals surface area contributed by atoms with E-state index in [9.17, 15) is 0 Å². The van der Waals surface area contributed by atoms with Crippen LogP contribution in [-0.4, -0.2) is 31.5 Å². The third-order valence-electron chi connectivity index (χ3n) is 2.89. The molecule has 1 fully saturated rings. The van der Waals surface area contributed by atoms with E-state index in [0.29, 0.717) is 22.1 Å². The van der Waals surface area contributed by atoms with Crippen molar-refractivity contribution in [3.05, 3.63) is 23.1 Å². The molecular weight excluding hydrogens is 298 g/mol. The molecule has 0 amide bonds. The molecule has 2 aromatic heterocycles. The molecule has 0 aliphatic heterocycles. The van der Waals surface area contributed by atoms with Crippen LogP contribution in [0.1, 0.15) is 18.5 Å². The summed E-state index contributed by atoms with van der Waals surface area (Å²) in [6, 6.07) is 0. The van der Waals surface area contributed by atoms with Gasteiger partial charge in [0.15, 0.2) is 0 Å². The van der Waals surface area contributed by atoms with Gasteiger partial charge in [0.25, 0.3) is 0 Å². The molecule has 20 heavy (non-hydrogen) atoms. The number of halogens is 1. The Morgan fingerprint density at radius 3 is 2.95 bits per heavy atom. The Morgan fingerprint density at radius 1 is 1.45 bits per heavy atom. The van der Waals surface area contributed by atoms with Gasteiger partial charge >= 0.3 is 0 Å². The molecule has 0 unspecified atom stereocenters. The van der Waals surface area contributed by atoms with E-state index in [0.717, 1.165) is 11.4 Å². The number of methoxy groups -OCH3 is 1. The normalized spacial score (nSPS) is 14.3. The van der Waals surface area contributed by atoms with E-state index in [-0.39, 0.29) is 0 Å². The molecule has 1 aliphatic carbocycles. The minimum atomic E-state index is 0.349. The van der Waals surface area contributed by atoms with Gasteiger partial charge in [0.2, 0.25) is 11.8 Å². The van der Waals surface area contributed by atoms with Crippen molar-refractivity contribution in [2.75, 3.05) is 12.4 Å². The molecule has 3 rings (SSSR count). The molecule has 1 saturated carbocycles. The monoisotopic (exact) mass is 311 g/mol. The highest BCUT2D eigenvalue weighted by Crippen LogP contribution is 2.36. The van der Waals surface area contributed by atoms with E-state index in [1.165, 1.54) is 26.1 Å². The Kier molecular flexibility index (Phi) is 3.71. The van der Waals surface area contributed by atoms with Gasteiger partial charge in [-0.2, -0.15) is 10.1 Å². The molecule has 0 atom stereocenters. The van der Waals surface area contributed by atoms with Crippen LogP contribution in [0.3, 0.4) is 0 Å². The Hall–Kier alpha value is -1.47. The summed E-state index contributed by atoms with van der Waals surface area (Å²) in [6.07, 6.45) is 5.82. The SMILES string of the molecule is COc1nc(Nc2cnn(SC3CC3)c2C)ncc1Cl. The lowest BCUT2D eigenvalue weighted by Crippen LogP contribution is -2.00. The zero-order chi connectivity index (χ0) is 14.1. The zero-order valence-corrected chi connectivity index (χ0v) is 12.7. The highest BCUT2D eigenvalue weighted by atomic mass is 35.5. The largest absolute Gasteiger partial charge is 0.480 e. The van der Waals surface area contributed by atoms with Gasteiger partial charge in [0, 0.05) is 5.25 Å². The second-order valence-corrected chi connectivity index (χ2v) is 6.13. The third-order valence-corrected chi connectivity index (χ3v) is 4.49. The van der Waals surface area contributed by atoms with E-state index in [4.69, 9.17) is 16.3 Å². The highest BCUT2D eigenvalue weighted by molar-refractivity contribution is 7.98. The number of nitrogens with one attached hydrogen (secondary N) is 1. The lowest BCUT2D eigenvalue weighted by Gasteiger charge is -2.07. The van der Waals surface area contributed by atoms with Crippen molar-refractivity contribution in [1.82, 2.24) is 19.2 Å². The number of rotatable bonds is 5. The number of aromatic nitrogens is 4. The van der Waals surface area contributed by atoms with Crippen molar-refractivity contribution in [2.24, 2.45) is 0 Å². The number of ether oxygens (including phenoxy) is 1. The summed E-state index contributed by atoms with van der Waals surface area (Å²) in [7, 11) is 1.52. The van der Waals surface area contributed by atoms with Gasteiger partial charge in [0.1, 0.15) is 5.02 Å². The fourth-order valence-electron chi connectivity index (χ4n) is 1.61. The Labute approximate surface area is 126 Å². The van der Waals surface area contributed by atoms with Gasteiger partial charge in [-0.3, -0.25) is 0 Å². The molecule has 0 saturated heterocycles. The summed E-state index contributed by atoms with van der Waals surface area (Å²) >= 11 is 7.66. The molecular formula is C12H14ClN5OS. The van der Waals surface area contributed by atoms with E-state index < -0.39 is 0 Å². The molecule has 0 aromatic carbocycles. The Morgan fingerprint density at radius 2 is 2.25 bits per heavy atom. The van der Waals surface area contributed by atoms with Crippen molar-refractivity contribution in [1.29, 1.82) is 0 Å². The van der Waals surface area contributed by atoms with Crippen LogP contribution in [0.4, 0.5) is 11.6 Å². The first-order valence-electron chi connectivity index (χ1n) is 6.22. The third kappa shape index (κ3) is 2.83. The minimum absolute atomic E-state index is 0.349. The fraction of sp³-hybridized carbons (Fsp3) is 0.417. The molecule has 0 radical (unpaired) electrons. The minimum Gasteiger partial charge on any atom is -0.480 e. The molecule has 0 spiro atoms. The number of anilines is 2. The van der Waals surface area contributed by atoms with Gasteiger partial charge in [-0.1, -0.05) is 11.6 Å². The maximum absolute atomic E-state index is 5.90. The molecule has 1 aliphatic rings. The first-order valence-corrected chi connectivity index (χ1v) is 7.44. The smallest absolute Gasteiger partial charge is 0.237 e. The van der Waals surface area contributed by atoms with Crippen LogP contribution in [0.5, 0.6) is 5.88 Å². The predicted molar refractivity (Wildman–Crippen MR) is 79.9 cm³/mol. The second kappa shape index (κ2) is 5.49. The highest BCUT2D eigenvalue weighted by Gasteiger charge is 2.24. The van der Waals surface area contributed by atoms with Crippen LogP contribution < -0.4 is 10.1 Å². The van der Waals surface area contributed by atoms with Crippen LogP contribution in [0.15, 0.2) is 12.4 Å². The van der Waals surface area contributed by atoms with Gasteiger partial charge in [-0.25, -0.2) is 9.07 Å². The topological polar surface area (TPSA) is 64.9 Å². The van der Waals surface area contributed by atoms with E-state index in [1.54, 1.807) is 18.1 Å². The number of nitrogens with zero attached hydrogens (tertiary/aromatic N) is 4. The lowest BCUT2D eigenvalue weighted by atomic mass is 10.4. The quantitative estimate of drug-likeness (QED) is 0.915. The van der Waals surface area contributed by atoms with Crippen molar-refractivity contribution in [3.63, 3.8) is 0 Å². The van der Waals surface area contributed by atoms with Crippen LogP contribution in [0.2, 0.25) is 5.02 Å². The van der Waals surface area contributed by atoms with Gasteiger partial charge in [0.05, 0.1) is 30.9 Å². The number of hydrogen-bond acceptors (Lipinski definition) is 6. The van der Waals surface area contributed by atoms with Crippen LogP contribution in [0.25, 0.3) is 0 Å². The van der Waals surface area contributed by atoms with Crippen molar-refractivity contribution >= 4 is 35.2 Å². The summed E-state index contributed by atoms with van der Waals surface area (Å²) < 4.78 is 7.01. The van der Waals surface area contributed by atoms with Crippen molar-refractivity contribution in [2.45, 2.75) is 25.0 Å². The molecule has 6 nitrogen and oxygen atoms in total. The van der Waals surface area contributed by atoms with Crippen molar-refractivity contribution < 1.29 is 4.74 Å². The molecule has 1 N–H and O–H groups in total. The maximum Gasteiger partial charge on any atom is 0.237 e. The molecule has 2 aromatic rings. The standard InChI is InChI=1S/C12H14ClN5OS/c1-7-10(6-15-18(7)20-8-3-4-8)16-12-14-5-9(13)11(17-12)19-2/h5-6,8H,3-4H2,1-2H3,(H,14,16,17). The van der Waals surface area contributed by atoms with Crippen LogP contribution >= 0.6 is 23.5 Å². The Balaban J connectivity index is 1.78. The maximum atomic E-state index is 5.90. The average Bonchev–Trinajstić information content (AvgIpc) is 3.20. The molecule has 106 valence electrons. The van der Waals surface area contributed by atoms with Crippen LogP contribution in [-0.2, 0) is 0 Å². The van der Waals surface area contributed by atoms with Gasteiger partial charge < -0.3 is 10.1 Å². The first-order chi connectivity index (χ1) is 9.67. The van der Waals surface area contributed by atoms with Crippen molar-refractivity contribution in [3.8, 4) is 5.88 Å². The van der Waals surface area contributed by atoms with Gasteiger partial charge in [-0.05, 0) is 31.7 Å². The van der Waals surface area contributed by atoms with E-state index >= 15 is 0 Å². The zero-order valence-electron chi connectivity index (χ0n) is 11.1. The van der Waals surface area contributed by atoms with E-state index in [2.05, 4.69) is 20.4 Å². The summed E-state index contributed by atoms with van der Waals surface area (Å²) in [6.45, 7) is 2.01. The summed E-state index contributed by atoms with van der Waals surface area (Å²) in [4.78, 5) is 8.32. The Bertz CT molecular complexity index is 628. The summed E-state index contributed by atoms with van der Waals surface area (Å²) in [5.41, 5.74) is 1.92. The van der Waals surface area contributed by atoms with Gasteiger partial charge in [-0.15, -0.1) is 0 Å². The van der Waals surface area contributed by atoms with E-state index in [1.807, 2.05) is 11.0 Å². The second-order valence-electron chi connectivity index (χ2n) is 4.50. The lowest BCUT2D eigenvalue weighted by molar-refractivity contribution is 0.398. The molecule has 2 heterocycles. The predicted octanol–water partition coefficient (Wildman–Crippen LogP) is 3.05. The summed E-state index contributed by atoms with van der Waals surface area (Å²) in [5, 5.41) is 8.57. The average molecular weight is 312 g/mol. The first kappa shape index (κ1) is 13.5. The van der Waals surface area contributed by atoms with Crippen LogP contribution in [0, 0.1) is 6.92 Å².